The molecule has 6 nitrogen and oxygen atoms in total. The third kappa shape index (κ3) is 6.53. The lowest BCUT2D eigenvalue weighted by molar-refractivity contribution is -0.158. The largest absolute Gasteiger partial charge is 0.481 e. The van der Waals surface area contributed by atoms with Gasteiger partial charge in [-0.25, -0.2) is 9.37 Å². The number of aliphatic carboxylic acids is 1. The molecule has 1 aliphatic rings. The number of alkyl halides is 3. The molecule has 0 radical (unpaired) electrons. The molecule has 10 heteroatoms. The molecule has 0 saturated carbocycles. The van der Waals surface area contributed by atoms with Crippen LogP contribution in [0.5, 0.6) is 5.75 Å². The molecular weight excluding hydrogens is 479 g/mol. The molecular formula is C25H30F3N3O3S. The number of nitrogens with zero attached hydrogens (tertiary/aromatic N) is 3. The Morgan fingerprint density at radius 3 is 2.69 bits per heavy atom. The maximum Gasteiger partial charge on any atom is 0.387 e. The van der Waals surface area contributed by atoms with E-state index in [9.17, 15) is 28.3 Å². The highest BCUT2D eigenvalue weighted by Crippen LogP contribution is 2.45. The molecule has 1 aromatic carbocycles. The third-order valence-corrected chi connectivity index (χ3v) is 7.50. The van der Waals surface area contributed by atoms with Crippen molar-refractivity contribution in [1.82, 2.24) is 9.88 Å². The minimum absolute atomic E-state index is 0.0387. The lowest BCUT2D eigenvalue weighted by Crippen LogP contribution is -2.54. The highest BCUT2D eigenvalue weighted by atomic mass is 32.1. The summed E-state index contributed by atoms with van der Waals surface area (Å²) < 4.78 is 44.5. The molecule has 0 aliphatic carbocycles. The Labute approximate surface area is 207 Å². The van der Waals surface area contributed by atoms with E-state index in [2.05, 4.69) is 30.5 Å². The summed E-state index contributed by atoms with van der Waals surface area (Å²) in [6, 6.07) is 6.15. The van der Waals surface area contributed by atoms with Crippen LogP contribution in [0.1, 0.15) is 51.0 Å². The first-order valence-electron chi connectivity index (χ1n) is 11.4. The second-order valence-corrected chi connectivity index (χ2v) is 11.5. The minimum Gasteiger partial charge on any atom is -0.481 e. The molecule has 35 heavy (non-hydrogen) atoms. The number of halogens is 3. The van der Waals surface area contributed by atoms with Gasteiger partial charge in [0.15, 0.2) is 0 Å². The molecule has 1 unspecified atom stereocenters. The Kier molecular flexibility index (Phi) is 8.12. The molecule has 1 saturated heterocycles. The maximum absolute atomic E-state index is 14.1. The van der Waals surface area contributed by atoms with Crippen molar-refractivity contribution in [2.24, 2.45) is 16.7 Å². The Hall–Kier alpha value is -2.64. The molecule has 190 valence electrons. The molecule has 1 N–H and O–H groups in total. The van der Waals surface area contributed by atoms with E-state index >= 15 is 0 Å². The third-order valence-electron chi connectivity index (χ3n) is 6.48. The number of hydrogen-bond donors (Lipinski definition) is 1. The van der Waals surface area contributed by atoms with Crippen LogP contribution in [-0.2, 0) is 11.3 Å². The van der Waals surface area contributed by atoms with E-state index in [0.717, 1.165) is 4.88 Å². The van der Waals surface area contributed by atoms with Gasteiger partial charge in [-0.3, -0.25) is 9.69 Å². The fourth-order valence-electron chi connectivity index (χ4n) is 4.72. The number of nitriles is 1. The van der Waals surface area contributed by atoms with Crippen molar-refractivity contribution in [2.75, 3.05) is 13.1 Å². The van der Waals surface area contributed by atoms with Gasteiger partial charge < -0.3 is 9.84 Å². The number of piperidine rings is 1. The monoisotopic (exact) mass is 509 g/mol. The second kappa shape index (κ2) is 10.5. The van der Waals surface area contributed by atoms with Gasteiger partial charge in [0.1, 0.15) is 10.8 Å². The van der Waals surface area contributed by atoms with E-state index in [1.165, 1.54) is 36.5 Å². The Bertz CT molecular complexity index is 1090. The number of carboxylic acids is 1. The zero-order valence-corrected chi connectivity index (χ0v) is 21.0. The van der Waals surface area contributed by atoms with Crippen LogP contribution >= 0.6 is 11.3 Å². The van der Waals surface area contributed by atoms with Crippen LogP contribution in [0, 0.1) is 28.1 Å². The molecule has 1 aromatic heterocycles. The topological polar surface area (TPSA) is 86.5 Å². The van der Waals surface area contributed by atoms with Crippen molar-refractivity contribution < 1.29 is 27.8 Å². The lowest BCUT2D eigenvalue weighted by atomic mass is 9.65. The van der Waals surface area contributed by atoms with Gasteiger partial charge in [0.05, 0.1) is 28.8 Å². The van der Waals surface area contributed by atoms with E-state index < -0.39 is 24.2 Å². The van der Waals surface area contributed by atoms with Crippen LogP contribution in [0.15, 0.2) is 24.4 Å². The Morgan fingerprint density at radius 1 is 1.40 bits per heavy atom. The van der Waals surface area contributed by atoms with Gasteiger partial charge in [-0.15, -0.1) is 11.3 Å². The predicted octanol–water partition coefficient (Wildman–Crippen LogP) is 5.97. The molecule has 2 heterocycles. The van der Waals surface area contributed by atoms with E-state index in [1.807, 2.05) is 11.0 Å². The number of hydrogen-bond acceptors (Lipinski definition) is 6. The van der Waals surface area contributed by atoms with Crippen molar-refractivity contribution in [2.45, 2.75) is 59.9 Å². The summed E-state index contributed by atoms with van der Waals surface area (Å²) in [7, 11) is 0. The van der Waals surface area contributed by atoms with Gasteiger partial charge in [-0.05, 0) is 49.3 Å². The zero-order chi connectivity index (χ0) is 26.0. The smallest absolute Gasteiger partial charge is 0.387 e. The molecule has 0 amide bonds. The average molecular weight is 510 g/mol. The summed E-state index contributed by atoms with van der Waals surface area (Å²) in [5, 5.41) is 19.7. The van der Waals surface area contributed by atoms with Gasteiger partial charge in [0.25, 0.3) is 0 Å². The number of benzene rings is 1. The number of likely N-dealkylation sites (tertiary alicyclic amines) is 1. The SMILES string of the molecule is CC(F)C[C@@]1(C(=O)O)C[C@@H](C(C)(C)C)CN(Cc2cnc(-c3cc(C#N)ccc3OC(F)F)s2)C1. The van der Waals surface area contributed by atoms with Crippen LogP contribution in [-0.4, -0.2) is 46.8 Å². The van der Waals surface area contributed by atoms with Crippen molar-refractivity contribution in [3.8, 4) is 22.4 Å². The first-order chi connectivity index (χ1) is 16.3. The van der Waals surface area contributed by atoms with Crippen LogP contribution in [0.2, 0.25) is 0 Å². The summed E-state index contributed by atoms with van der Waals surface area (Å²) >= 11 is 1.26. The van der Waals surface area contributed by atoms with E-state index in [0.29, 0.717) is 24.5 Å². The van der Waals surface area contributed by atoms with Crippen molar-refractivity contribution >= 4 is 17.3 Å². The first kappa shape index (κ1) is 27.0. The number of rotatable bonds is 8. The Balaban J connectivity index is 1.90. The number of ether oxygens (including phenoxy) is 1. The van der Waals surface area contributed by atoms with E-state index in [4.69, 9.17) is 0 Å². The van der Waals surface area contributed by atoms with Gasteiger partial charge in [-0.1, -0.05) is 20.8 Å². The van der Waals surface area contributed by atoms with Crippen LogP contribution in [0.4, 0.5) is 13.2 Å². The molecule has 0 bridgehead atoms. The fraction of sp³-hybridized carbons (Fsp3) is 0.560. The summed E-state index contributed by atoms with van der Waals surface area (Å²) in [5.41, 5.74) is -0.791. The van der Waals surface area contributed by atoms with Crippen molar-refractivity contribution in [1.29, 1.82) is 5.26 Å². The van der Waals surface area contributed by atoms with E-state index in [1.54, 1.807) is 6.20 Å². The second-order valence-electron chi connectivity index (χ2n) is 10.3. The van der Waals surface area contributed by atoms with Crippen LogP contribution in [0.25, 0.3) is 10.6 Å². The number of carboxylic acid groups (broad SMARTS) is 1. The number of aromatic nitrogens is 1. The zero-order valence-electron chi connectivity index (χ0n) is 20.2. The summed E-state index contributed by atoms with van der Waals surface area (Å²) in [6.45, 7) is 5.79. The summed E-state index contributed by atoms with van der Waals surface area (Å²) in [4.78, 5) is 19.5. The number of carbonyl (C=O) groups is 1. The van der Waals surface area contributed by atoms with Crippen molar-refractivity contribution in [3.05, 3.63) is 34.8 Å². The molecule has 1 fully saturated rings. The highest BCUT2D eigenvalue weighted by molar-refractivity contribution is 7.15. The van der Waals surface area contributed by atoms with Gasteiger partial charge in [0.2, 0.25) is 0 Å². The maximum atomic E-state index is 14.1. The standard InChI is InChI=1S/C25H30F3N3O3S/c1-15(26)8-25(22(32)33)9-17(24(2,3)4)12-31(14-25)13-18-11-30-21(35-18)19-7-16(10-29)5-6-20(19)34-23(27)28/h5-7,11,15,17,23H,8-9,12-14H2,1-4H3,(H,32,33)/t15?,17-,25-/m1/s1. The highest BCUT2D eigenvalue weighted by Gasteiger charge is 2.49. The summed E-state index contributed by atoms with van der Waals surface area (Å²) in [6.07, 6.45) is 0.711. The molecule has 1 aliphatic heterocycles. The van der Waals surface area contributed by atoms with Crippen LogP contribution in [0.3, 0.4) is 0 Å². The van der Waals surface area contributed by atoms with Gasteiger partial charge in [0, 0.05) is 30.7 Å². The quantitative estimate of drug-likeness (QED) is 0.472. The van der Waals surface area contributed by atoms with Gasteiger partial charge >= 0.3 is 12.6 Å². The molecule has 3 atom stereocenters. The lowest BCUT2D eigenvalue weighted by Gasteiger charge is -2.48. The average Bonchev–Trinajstić information content (AvgIpc) is 3.20. The summed E-state index contributed by atoms with van der Waals surface area (Å²) in [5.74, 6) is -1.03. The predicted molar refractivity (Wildman–Crippen MR) is 127 cm³/mol. The van der Waals surface area contributed by atoms with Gasteiger partial charge in [-0.2, -0.15) is 14.0 Å². The fourth-order valence-corrected chi connectivity index (χ4v) is 5.70. The number of thiazole rings is 1. The molecule has 3 rings (SSSR count). The Morgan fingerprint density at radius 2 is 2.11 bits per heavy atom. The first-order valence-corrected chi connectivity index (χ1v) is 12.2. The molecule has 2 aromatic rings. The molecule has 0 spiro atoms. The van der Waals surface area contributed by atoms with Crippen LogP contribution < -0.4 is 4.74 Å². The van der Waals surface area contributed by atoms with E-state index in [-0.39, 0.29) is 41.2 Å². The van der Waals surface area contributed by atoms with Crippen molar-refractivity contribution in [3.63, 3.8) is 0 Å². The normalized spacial score (nSPS) is 22.1. The minimum atomic E-state index is -3.02.